The second-order valence-corrected chi connectivity index (χ2v) is 13.4. The fraction of sp³-hybridized carbons (Fsp3) is 0.531. The number of aliphatic carboxylic acids is 1. The molecule has 2 N–H and O–H groups in total. The highest BCUT2D eigenvalue weighted by Crippen LogP contribution is 2.41. The van der Waals surface area contributed by atoms with Gasteiger partial charge >= 0.3 is 5.97 Å². The third-order valence-corrected chi connectivity index (χ3v) is 10.5. The van der Waals surface area contributed by atoms with E-state index in [1.807, 2.05) is 72.6 Å². The number of amides is 1. The summed E-state index contributed by atoms with van der Waals surface area (Å²) >= 11 is 0. The number of carbonyl (C=O) groups is 3. The number of aryl methyl sites for hydroxylation is 2. The van der Waals surface area contributed by atoms with Gasteiger partial charge in [0.1, 0.15) is 13.3 Å². The normalized spacial score (nSPS) is 14.8. The number of hydrogen-bond donors (Lipinski definition) is 2. The SMILES string of the molecule is C=O.CCC(CC)(c1ccc(C(=O)N(C)CC(=O)O)c(C)c1)c1ccc(S(=O)C(C)C(C)(O)C(C)(C)C)c(C)c1. The molecule has 0 aliphatic rings. The lowest BCUT2D eigenvalue weighted by Gasteiger charge is -2.41. The summed E-state index contributed by atoms with van der Waals surface area (Å²) in [7, 11) is 0.0942. The summed E-state index contributed by atoms with van der Waals surface area (Å²) in [4.78, 5) is 33.8. The number of carboxylic acids is 1. The molecule has 0 spiro atoms. The van der Waals surface area contributed by atoms with Crippen molar-refractivity contribution in [1.29, 1.82) is 0 Å². The van der Waals surface area contributed by atoms with Crippen LogP contribution in [0.1, 0.15) is 93.9 Å². The van der Waals surface area contributed by atoms with Crippen LogP contribution in [-0.4, -0.2) is 62.4 Å². The molecule has 40 heavy (non-hydrogen) atoms. The Kier molecular flexibility index (Phi) is 12.0. The lowest BCUT2D eigenvalue weighted by molar-refractivity contribution is -0.137. The van der Waals surface area contributed by atoms with E-state index in [0.29, 0.717) is 5.56 Å². The molecule has 8 heteroatoms. The van der Waals surface area contributed by atoms with Gasteiger partial charge in [-0.2, -0.15) is 0 Å². The Hall–Kier alpha value is -2.84. The van der Waals surface area contributed by atoms with E-state index in [2.05, 4.69) is 19.9 Å². The number of nitrogens with zero attached hydrogens (tertiary/aromatic N) is 1. The fourth-order valence-electron chi connectivity index (χ4n) is 5.10. The first-order chi connectivity index (χ1) is 18.4. The molecule has 0 saturated carbocycles. The fourth-order valence-corrected chi connectivity index (χ4v) is 6.83. The van der Waals surface area contributed by atoms with Crippen LogP contribution >= 0.6 is 0 Å². The minimum atomic E-state index is -1.39. The van der Waals surface area contributed by atoms with E-state index in [0.717, 1.165) is 40.0 Å². The molecular formula is C32H47NO6S. The molecule has 0 fully saturated rings. The lowest BCUT2D eigenvalue weighted by Crippen LogP contribution is -2.50. The first-order valence-corrected chi connectivity index (χ1v) is 14.8. The maximum atomic E-state index is 13.6. The third-order valence-electron chi connectivity index (χ3n) is 8.51. The Morgan fingerprint density at radius 1 is 0.950 bits per heavy atom. The van der Waals surface area contributed by atoms with Gasteiger partial charge in [0, 0.05) is 22.9 Å². The minimum absolute atomic E-state index is 0.313. The number of aliphatic hydroxyl groups is 1. The summed E-state index contributed by atoms with van der Waals surface area (Å²) in [6.07, 6.45) is 1.65. The van der Waals surface area contributed by atoms with Crippen LogP contribution < -0.4 is 0 Å². The van der Waals surface area contributed by atoms with Crippen LogP contribution in [0.5, 0.6) is 0 Å². The summed E-state index contributed by atoms with van der Waals surface area (Å²) in [5, 5.41) is 19.8. The van der Waals surface area contributed by atoms with E-state index in [1.54, 1.807) is 13.0 Å². The van der Waals surface area contributed by atoms with Gasteiger partial charge in [0.2, 0.25) is 0 Å². The number of likely N-dealkylation sites (N-methyl/N-ethyl adjacent to an activating group) is 1. The van der Waals surface area contributed by atoms with Gasteiger partial charge in [-0.25, -0.2) is 0 Å². The minimum Gasteiger partial charge on any atom is -0.480 e. The van der Waals surface area contributed by atoms with Gasteiger partial charge in [-0.3, -0.25) is 13.8 Å². The van der Waals surface area contributed by atoms with Crippen molar-refractivity contribution in [2.75, 3.05) is 13.6 Å². The molecule has 0 aromatic heterocycles. The average Bonchev–Trinajstić information content (AvgIpc) is 2.88. The van der Waals surface area contributed by atoms with Crippen LogP contribution in [-0.2, 0) is 25.8 Å². The van der Waals surface area contributed by atoms with Crippen LogP contribution in [0.3, 0.4) is 0 Å². The van der Waals surface area contributed by atoms with E-state index >= 15 is 0 Å². The highest BCUT2D eigenvalue weighted by atomic mass is 32.2. The predicted molar refractivity (Wildman–Crippen MR) is 161 cm³/mol. The van der Waals surface area contributed by atoms with Crippen molar-refractivity contribution in [2.45, 2.75) is 96.3 Å². The highest BCUT2D eigenvalue weighted by Gasteiger charge is 2.43. The molecule has 0 aliphatic heterocycles. The van der Waals surface area contributed by atoms with Crippen molar-refractivity contribution >= 4 is 29.5 Å². The molecule has 0 bridgehead atoms. The van der Waals surface area contributed by atoms with Crippen LogP contribution in [0.4, 0.5) is 0 Å². The predicted octanol–water partition coefficient (Wildman–Crippen LogP) is 5.67. The van der Waals surface area contributed by atoms with Gasteiger partial charge in [-0.05, 0) is 80.3 Å². The molecule has 1 amide bonds. The highest BCUT2D eigenvalue weighted by molar-refractivity contribution is 7.85. The van der Waals surface area contributed by atoms with Gasteiger partial charge in [-0.1, -0.05) is 58.9 Å². The summed E-state index contributed by atoms with van der Waals surface area (Å²) in [6.45, 7) is 19.2. The van der Waals surface area contributed by atoms with E-state index < -0.39 is 33.0 Å². The van der Waals surface area contributed by atoms with Gasteiger partial charge < -0.3 is 19.9 Å². The zero-order valence-corrected chi connectivity index (χ0v) is 26.6. The molecule has 7 nitrogen and oxygen atoms in total. The van der Waals surface area contributed by atoms with Crippen molar-refractivity contribution in [3.8, 4) is 0 Å². The standard InChI is InChI=1S/C31H45NO5S.CH2O/c1-11-31(12-2,23-13-15-25(20(3)17-23)28(35)32(10)19-27(33)34)24-14-16-26(21(4)18-24)38(37)22(5)30(9,36)29(6,7)8;1-2/h13-18,22,36H,11-12,19H2,1-10H3,(H,33,34);1H2. The summed E-state index contributed by atoms with van der Waals surface area (Å²) in [5.74, 6) is -1.37. The first kappa shape index (κ1) is 35.2. The molecule has 0 heterocycles. The Morgan fingerprint density at radius 2 is 1.43 bits per heavy atom. The van der Waals surface area contributed by atoms with Crippen LogP contribution in [0.2, 0.25) is 0 Å². The number of benzene rings is 2. The Labute approximate surface area is 242 Å². The monoisotopic (exact) mass is 573 g/mol. The Morgan fingerprint density at radius 3 is 1.82 bits per heavy atom. The van der Waals surface area contributed by atoms with Crippen LogP contribution in [0.25, 0.3) is 0 Å². The second kappa shape index (κ2) is 13.7. The first-order valence-electron chi connectivity index (χ1n) is 13.6. The lowest BCUT2D eigenvalue weighted by atomic mass is 9.70. The maximum absolute atomic E-state index is 13.6. The van der Waals surface area contributed by atoms with Gasteiger partial charge in [-0.15, -0.1) is 0 Å². The van der Waals surface area contributed by atoms with Gasteiger partial charge in [0.15, 0.2) is 0 Å². The molecule has 2 rings (SSSR count). The molecule has 0 aliphatic carbocycles. The second-order valence-electron chi connectivity index (χ2n) is 11.7. The molecule has 2 aromatic rings. The summed E-state index contributed by atoms with van der Waals surface area (Å²) in [5.41, 5.74) is 2.53. The maximum Gasteiger partial charge on any atom is 0.323 e. The van der Waals surface area contributed by atoms with Crippen molar-refractivity contribution < 1.29 is 28.8 Å². The van der Waals surface area contributed by atoms with E-state index in [-0.39, 0.29) is 17.9 Å². The molecule has 0 saturated heterocycles. The Balaban J connectivity index is 0.00000391. The number of rotatable bonds is 10. The van der Waals surface area contributed by atoms with Crippen molar-refractivity contribution in [2.24, 2.45) is 5.41 Å². The zero-order valence-electron chi connectivity index (χ0n) is 25.8. The smallest absolute Gasteiger partial charge is 0.323 e. The zero-order chi connectivity index (χ0) is 31.2. The molecule has 3 unspecified atom stereocenters. The van der Waals surface area contributed by atoms with Crippen LogP contribution in [0, 0.1) is 19.3 Å². The van der Waals surface area contributed by atoms with E-state index in [4.69, 9.17) is 9.90 Å². The summed E-state index contributed by atoms with van der Waals surface area (Å²) in [6, 6.07) is 11.9. The van der Waals surface area contributed by atoms with E-state index in [1.165, 1.54) is 11.9 Å². The van der Waals surface area contributed by atoms with Gasteiger partial charge in [0.25, 0.3) is 5.91 Å². The molecule has 222 valence electrons. The van der Waals surface area contributed by atoms with Crippen molar-refractivity contribution in [3.05, 3.63) is 64.2 Å². The molecule has 3 atom stereocenters. The van der Waals surface area contributed by atoms with E-state index in [9.17, 15) is 18.9 Å². The number of hydrogen-bond acceptors (Lipinski definition) is 5. The average molecular weight is 574 g/mol. The molecular weight excluding hydrogens is 526 g/mol. The third kappa shape index (κ3) is 7.07. The van der Waals surface area contributed by atoms with Crippen molar-refractivity contribution in [1.82, 2.24) is 4.90 Å². The largest absolute Gasteiger partial charge is 0.480 e. The number of carbonyl (C=O) groups excluding carboxylic acids is 2. The molecule has 0 radical (unpaired) electrons. The number of carboxylic acid groups (broad SMARTS) is 1. The quantitative estimate of drug-likeness (QED) is 0.379. The summed E-state index contributed by atoms with van der Waals surface area (Å²) < 4.78 is 13.6. The van der Waals surface area contributed by atoms with Gasteiger partial charge in [0.05, 0.1) is 21.7 Å². The van der Waals surface area contributed by atoms with Crippen LogP contribution in [0.15, 0.2) is 41.3 Å². The topological polar surface area (TPSA) is 112 Å². The Bertz CT molecular complexity index is 1230. The van der Waals surface area contributed by atoms with Crippen molar-refractivity contribution in [3.63, 3.8) is 0 Å². The molecule has 2 aromatic carbocycles.